The third kappa shape index (κ3) is 5.03. The molecule has 0 unspecified atom stereocenters. The van der Waals surface area contributed by atoms with Crippen molar-refractivity contribution < 1.29 is 4.79 Å². The zero-order valence-corrected chi connectivity index (χ0v) is 18.8. The van der Waals surface area contributed by atoms with E-state index in [1.165, 1.54) is 54.3 Å². The quantitative estimate of drug-likeness (QED) is 0.514. The molecule has 2 aromatic heterocycles. The molecular formula is C21H31N5OS2. The van der Waals surface area contributed by atoms with Crippen LogP contribution in [-0.2, 0) is 17.6 Å². The van der Waals surface area contributed by atoms with Crippen LogP contribution in [0, 0.1) is 5.92 Å². The number of anilines is 1. The third-order valence-corrected chi connectivity index (χ3v) is 8.12. The molecule has 2 aliphatic rings. The highest BCUT2D eigenvalue weighted by Crippen LogP contribution is 2.40. The van der Waals surface area contributed by atoms with Gasteiger partial charge in [0.15, 0.2) is 5.16 Å². The highest BCUT2D eigenvalue weighted by molar-refractivity contribution is 7.99. The Morgan fingerprint density at radius 2 is 2.14 bits per heavy atom. The molecule has 29 heavy (non-hydrogen) atoms. The number of carbonyl (C=O) groups excluding carboxylic acids is 1. The minimum Gasteiger partial charge on any atom is -0.383 e. The second kappa shape index (κ2) is 9.62. The van der Waals surface area contributed by atoms with Gasteiger partial charge < -0.3 is 16.0 Å². The number of fused-ring (bicyclic) bond motifs is 3. The van der Waals surface area contributed by atoms with Crippen molar-refractivity contribution >= 4 is 45.0 Å². The molecule has 4 rings (SSSR count). The van der Waals surface area contributed by atoms with Gasteiger partial charge in [-0.25, -0.2) is 9.97 Å². The van der Waals surface area contributed by atoms with Gasteiger partial charge >= 0.3 is 0 Å². The Kier molecular flexibility index (Phi) is 6.92. The Morgan fingerprint density at radius 3 is 2.93 bits per heavy atom. The summed E-state index contributed by atoms with van der Waals surface area (Å²) in [6, 6.07) is 0. The first-order valence-corrected chi connectivity index (χ1v) is 12.6. The lowest BCUT2D eigenvalue weighted by Crippen LogP contribution is -2.38. The standard InChI is InChI=1S/C21H31N5OS2/c1-2-14-6-7-15-16(12-14)29-20-18(15)19(22)24-21(25-20)28-13-17(27)23-8-11-26-9-4-3-5-10-26/h14H,2-13H2,1H3,(H,23,27)(H2,22,24,25)/t14-/m0/s1. The molecule has 1 atom stereocenters. The summed E-state index contributed by atoms with van der Waals surface area (Å²) in [5.74, 6) is 1.70. The van der Waals surface area contributed by atoms with E-state index in [0.29, 0.717) is 23.3 Å². The van der Waals surface area contributed by atoms with Crippen LogP contribution in [0.1, 0.15) is 49.5 Å². The molecule has 0 aromatic carbocycles. The van der Waals surface area contributed by atoms with Crippen LogP contribution in [0.25, 0.3) is 10.2 Å². The minimum atomic E-state index is 0.0329. The second-order valence-corrected chi connectivity index (χ2v) is 10.2. The van der Waals surface area contributed by atoms with Crippen molar-refractivity contribution in [2.24, 2.45) is 5.92 Å². The zero-order valence-electron chi connectivity index (χ0n) is 17.2. The van der Waals surface area contributed by atoms with E-state index in [2.05, 4.69) is 22.1 Å². The molecule has 3 heterocycles. The van der Waals surface area contributed by atoms with Gasteiger partial charge in [-0.2, -0.15) is 0 Å². The molecule has 1 aliphatic carbocycles. The topological polar surface area (TPSA) is 84.1 Å². The summed E-state index contributed by atoms with van der Waals surface area (Å²) in [7, 11) is 0. The summed E-state index contributed by atoms with van der Waals surface area (Å²) in [5.41, 5.74) is 7.66. The van der Waals surface area contributed by atoms with Crippen LogP contribution >= 0.6 is 23.1 Å². The van der Waals surface area contributed by atoms with Gasteiger partial charge in [-0.05, 0) is 56.7 Å². The number of hydrogen-bond donors (Lipinski definition) is 2. The molecule has 6 nitrogen and oxygen atoms in total. The molecule has 158 valence electrons. The van der Waals surface area contributed by atoms with Crippen molar-refractivity contribution in [2.45, 2.75) is 57.0 Å². The summed E-state index contributed by atoms with van der Waals surface area (Å²) < 4.78 is 0. The van der Waals surface area contributed by atoms with Gasteiger partial charge in [0.2, 0.25) is 5.91 Å². The number of nitrogens with two attached hydrogens (primary N) is 1. The second-order valence-electron chi connectivity index (χ2n) is 8.13. The van der Waals surface area contributed by atoms with Crippen molar-refractivity contribution in [3.05, 3.63) is 10.4 Å². The summed E-state index contributed by atoms with van der Waals surface area (Å²) >= 11 is 3.13. The molecule has 3 N–H and O–H groups in total. The number of thioether (sulfide) groups is 1. The molecule has 8 heteroatoms. The van der Waals surface area contributed by atoms with Crippen LogP contribution < -0.4 is 11.1 Å². The van der Waals surface area contributed by atoms with Crippen LogP contribution in [-0.4, -0.2) is 52.7 Å². The fraction of sp³-hybridized carbons (Fsp3) is 0.667. The summed E-state index contributed by atoms with van der Waals surface area (Å²) in [4.78, 5) is 26.2. The Hall–Kier alpha value is -1.38. The predicted molar refractivity (Wildman–Crippen MR) is 122 cm³/mol. The van der Waals surface area contributed by atoms with Gasteiger partial charge in [-0.1, -0.05) is 31.5 Å². The minimum absolute atomic E-state index is 0.0329. The smallest absolute Gasteiger partial charge is 0.230 e. The lowest BCUT2D eigenvalue weighted by Gasteiger charge is -2.26. The number of thiophene rings is 1. The first kappa shape index (κ1) is 20.9. The molecule has 2 aromatic rings. The maximum Gasteiger partial charge on any atom is 0.230 e. The Balaban J connectivity index is 1.33. The fourth-order valence-corrected chi connectivity index (χ4v) is 6.46. The number of nitrogens with zero attached hydrogens (tertiary/aromatic N) is 3. The van der Waals surface area contributed by atoms with Crippen LogP contribution in [0.2, 0.25) is 0 Å². The number of piperidine rings is 1. The van der Waals surface area contributed by atoms with E-state index in [1.54, 1.807) is 11.3 Å². The van der Waals surface area contributed by atoms with E-state index in [9.17, 15) is 4.79 Å². The summed E-state index contributed by atoms with van der Waals surface area (Å²) in [6.07, 6.45) is 8.54. The number of aryl methyl sites for hydroxylation is 1. The first-order chi connectivity index (χ1) is 14.1. The maximum absolute atomic E-state index is 12.2. The summed E-state index contributed by atoms with van der Waals surface area (Å²) in [5, 5.41) is 4.67. The summed E-state index contributed by atoms with van der Waals surface area (Å²) in [6.45, 7) is 6.22. The zero-order chi connectivity index (χ0) is 20.2. The average Bonchev–Trinajstić information content (AvgIpc) is 3.11. The van der Waals surface area contributed by atoms with Crippen molar-refractivity contribution in [1.82, 2.24) is 20.2 Å². The highest BCUT2D eigenvalue weighted by Gasteiger charge is 2.24. The number of likely N-dealkylation sites (tertiary alicyclic amines) is 1. The number of aromatic nitrogens is 2. The SMILES string of the molecule is CC[C@H]1CCc2c(sc3nc(SCC(=O)NCCN4CCCCC4)nc(N)c23)C1. The number of nitrogen functional groups attached to an aromatic ring is 1. The number of rotatable bonds is 7. The Bertz CT molecular complexity index is 862. The van der Waals surface area contributed by atoms with Crippen molar-refractivity contribution in [1.29, 1.82) is 0 Å². The molecule has 0 radical (unpaired) electrons. The predicted octanol–water partition coefficient (Wildman–Crippen LogP) is 3.48. The van der Waals surface area contributed by atoms with Crippen LogP contribution in [0.4, 0.5) is 5.82 Å². The van der Waals surface area contributed by atoms with Gasteiger partial charge in [-0.15, -0.1) is 11.3 Å². The molecule has 0 bridgehead atoms. The number of nitrogens with one attached hydrogen (secondary N) is 1. The lowest BCUT2D eigenvalue weighted by molar-refractivity contribution is -0.118. The lowest BCUT2D eigenvalue weighted by atomic mass is 9.86. The van der Waals surface area contributed by atoms with E-state index in [0.717, 1.165) is 48.6 Å². The molecule has 0 saturated carbocycles. The fourth-order valence-electron chi connectivity index (χ4n) is 4.38. The number of amides is 1. The van der Waals surface area contributed by atoms with E-state index in [4.69, 9.17) is 10.7 Å². The Labute approximate surface area is 181 Å². The van der Waals surface area contributed by atoms with Crippen molar-refractivity contribution in [3.8, 4) is 0 Å². The monoisotopic (exact) mass is 433 g/mol. The van der Waals surface area contributed by atoms with Crippen LogP contribution in [0.5, 0.6) is 0 Å². The van der Waals surface area contributed by atoms with E-state index in [-0.39, 0.29) is 5.91 Å². The third-order valence-electron chi connectivity index (χ3n) is 6.13. The van der Waals surface area contributed by atoms with Gasteiger partial charge in [0.05, 0.1) is 11.1 Å². The van der Waals surface area contributed by atoms with Crippen LogP contribution in [0.3, 0.4) is 0 Å². The number of hydrogen-bond acceptors (Lipinski definition) is 7. The van der Waals surface area contributed by atoms with Gasteiger partial charge in [0.25, 0.3) is 0 Å². The Morgan fingerprint density at radius 1 is 1.31 bits per heavy atom. The van der Waals surface area contributed by atoms with Gasteiger partial charge in [0.1, 0.15) is 10.6 Å². The molecule has 1 aliphatic heterocycles. The first-order valence-electron chi connectivity index (χ1n) is 10.8. The van der Waals surface area contributed by atoms with Crippen molar-refractivity contribution in [2.75, 3.05) is 37.7 Å². The molecular weight excluding hydrogens is 402 g/mol. The molecule has 1 fully saturated rings. The van der Waals surface area contributed by atoms with Gasteiger partial charge in [0, 0.05) is 18.0 Å². The normalized spacial score (nSPS) is 20.0. The highest BCUT2D eigenvalue weighted by atomic mass is 32.2. The van der Waals surface area contributed by atoms with Crippen molar-refractivity contribution in [3.63, 3.8) is 0 Å². The average molecular weight is 434 g/mol. The molecule has 1 saturated heterocycles. The number of carbonyl (C=O) groups is 1. The van der Waals surface area contributed by atoms with E-state index < -0.39 is 0 Å². The maximum atomic E-state index is 12.2. The largest absolute Gasteiger partial charge is 0.383 e. The van der Waals surface area contributed by atoms with Gasteiger partial charge in [-0.3, -0.25) is 4.79 Å². The van der Waals surface area contributed by atoms with E-state index in [1.807, 2.05) is 0 Å². The molecule has 1 amide bonds. The molecule has 0 spiro atoms. The van der Waals surface area contributed by atoms with Crippen LogP contribution in [0.15, 0.2) is 5.16 Å². The van der Waals surface area contributed by atoms with E-state index >= 15 is 0 Å².